The molecule has 0 unspecified atom stereocenters. The lowest BCUT2D eigenvalue weighted by Gasteiger charge is -2.03. The van der Waals surface area contributed by atoms with E-state index in [1.807, 2.05) is 25.3 Å². The fourth-order valence-corrected chi connectivity index (χ4v) is 1.15. The topological polar surface area (TPSA) is 38.9 Å². The fourth-order valence-electron chi connectivity index (χ4n) is 1.15. The maximum absolute atomic E-state index is 5.64. The minimum absolute atomic E-state index is 0.314. The lowest BCUT2D eigenvalue weighted by Crippen LogP contribution is -2.14. The maximum Gasteiger partial charge on any atom is 0.0403 e. The van der Waals surface area contributed by atoms with E-state index in [1.165, 1.54) is 0 Å². The van der Waals surface area contributed by atoms with Gasteiger partial charge < -0.3 is 5.73 Å². The van der Waals surface area contributed by atoms with Gasteiger partial charge in [0.05, 0.1) is 0 Å². The Kier molecular flexibility index (Phi) is 3.74. The number of rotatable bonds is 4. The van der Waals surface area contributed by atoms with Crippen molar-refractivity contribution in [3.05, 3.63) is 30.1 Å². The second-order valence-corrected chi connectivity index (χ2v) is 3.19. The molecule has 0 bridgehead atoms. The normalized spacial score (nSPS) is 12.8. The zero-order chi connectivity index (χ0) is 8.81. The summed E-state index contributed by atoms with van der Waals surface area (Å²) in [6, 6.07) is 6.33. The number of nitrogens with two attached hydrogens (primary N) is 1. The summed E-state index contributed by atoms with van der Waals surface area (Å²) in [5, 5.41) is 0. The summed E-state index contributed by atoms with van der Waals surface area (Å²) in [6.45, 7) is 2.04. The minimum Gasteiger partial charge on any atom is -0.328 e. The lowest BCUT2D eigenvalue weighted by molar-refractivity contribution is 0.620. The van der Waals surface area contributed by atoms with Crippen LogP contribution < -0.4 is 5.73 Å². The van der Waals surface area contributed by atoms with E-state index in [0.29, 0.717) is 6.04 Å². The minimum atomic E-state index is 0.314. The molecule has 66 valence electrons. The summed E-state index contributed by atoms with van der Waals surface area (Å²) < 4.78 is 0. The van der Waals surface area contributed by atoms with Crippen LogP contribution >= 0.6 is 0 Å². The Hall–Kier alpha value is -0.890. The zero-order valence-corrected chi connectivity index (χ0v) is 7.53. The van der Waals surface area contributed by atoms with Gasteiger partial charge in [0, 0.05) is 17.9 Å². The largest absolute Gasteiger partial charge is 0.328 e. The van der Waals surface area contributed by atoms with Crippen molar-refractivity contribution in [2.24, 2.45) is 5.73 Å². The molecule has 0 radical (unpaired) electrons. The van der Waals surface area contributed by atoms with Gasteiger partial charge in [0.1, 0.15) is 0 Å². The summed E-state index contributed by atoms with van der Waals surface area (Å²) >= 11 is 0. The summed E-state index contributed by atoms with van der Waals surface area (Å²) in [5.41, 5.74) is 6.80. The Morgan fingerprint density at radius 3 is 2.92 bits per heavy atom. The van der Waals surface area contributed by atoms with Gasteiger partial charge in [0.15, 0.2) is 0 Å². The molecule has 1 atom stereocenters. The average molecular weight is 164 g/mol. The van der Waals surface area contributed by atoms with Crippen LogP contribution in [0.3, 0.4) is 0 Å². The molecule has 0 spiro atoms. The molecule has 0 aliphatic heterocycles. The van der Waals surface area contributed by atoms with E-state index in [9.17, 15) is 0 Å². The van der Waals surface area contributed by atoms with Crippen LogP contribution in [0.2, 0.25) is 0 Å². The van der Waals surface area contributed by atoms with Gasteiger partial charge in [-0.05, 0) is 38.3 Å². The van der Waals surface area contributed by atoms with Gasteiger partial charge in [-0.25, -0.2) is 0 Å². The SMILES string of the molecule is C[C@H](N)CCCc1ccccn1. The molecule has 1 aromatic heterocycles. The van der Waals surface area contributed by atoms with E-state index in [4.69, 9.17) is 5.73 Å². The van der Waals surface area contributed by atoms with Gasteiger partial charge in [-0.1, -0.05) is 6.07 Å². The van der Waals surface area contributed by atoms with Crippen LogP contribution in [-0.4, -0.2) is 11.0 Å². The molecule has 2 heteroatoms. The van der Waals surface area contributed by atoms with E-state index in [2.05, 4.69) is 11.1 Å². The monoisotopic (exact) mass is 164 g/mol. The number of pyridine rings is 1. The van der Waals surface area contributed by atoms with Gasteiger partial charge in [-0.3, -0.25) is 4.98 Å². The summed E-state index contributed by atoms with van der Waals surface area (Å²) in [4.78, 5) is 4.23. The second kappa shape index (κ2) is 4.88. The van der Waals surface area contributed by atoms with Gasteiger partial charge in [-0.2, -0.15) is 0 Å². The summed E-state index contributed by atoms with van der Waals surface area (Å²) in [5.74, 6) is 0. The Labute approximate surface area is 73.8 Å². The van der Waals surface area contributed by atoms with Crippen LogP contribution in [0.25, 0.3) is 0 Å². The molecule has 1 heterocycles. The van der Waals surface area contributed by atoms with Crippen molar-refractivity contribution in [3.63, 3.8) is 0 Å². The Morgan fingerprint density at radius 1 is 1.50 bits per heavy atom. The fraction of sp³-hybridized carbons (Fsp3) is 0.500. The first-order chi connectivity index (χ1) is 5.79. The van der Waals surface area contributed by atoms with E-state index in [0.717, 1.165) is 25.0 Å². The molecule has 12 heavy (non-hydrogen) atoms. The maximum atomic E-state index is 5.64. The molecule has 0 aliphatic carbocycles. The van der Waals surface area contributed by atoms with Crippen molar-refractivity contribution in [3.8, 4) is 0 Å². The van der Waals surface area contributed by atoms with Gasteiger partial charge in [-0.15, -0.1) is 0 Å². The van der Waals surface area contributed by atoms with Crippen LogP contribution in [0.4, 0.5) is 0 Å². The van der Waals surface area contributed by atoms with E-state index in [-0.39, 0.29) is 0 Å². The molecule has 1 aromatic rings. The highest BCUT2D eigenvalue weighted by atomic mass is 14.7. The highest BCUT2D eigenvalue weighted by Crippen LogP contribution is 2.02. The third-order valence-electron chi connectivity index (χ3n) is 1.82. The number of nitrogens with zero attached hydrogens (tertiary/aromatic N) is 1. The van der Waals surface area contributed by atoms with Gasteiger partial charge in [0.2, 0.25) is 0 Å². The first-order valence-corrected chi connectivity index (χ1v) is 4.44. The molecule has 2 N–H and O–H groups in total. The smallest absolute Gasteiger partial charge is 0.0403 e. The first-order valence-electron chi connectivity index (χ1n) is 4.44. The zero-order valence-electron chi connectivity index (χ0n) is 7.53. The Morgan fingerprint density at radius 2 is 2.33 bits per heavy atom. The highest BCUT2D eigenvalue weighted by Gasteiger charge is 1.95. The van der Waals surface area contributed by atoms with E-state index in [1.54, 1.807) is 0 Å². The molecule has 0 amide bonds. The van der Waals surface area contributed by atoms with Crippen LogP contribution in [0.5, 0.6) is 0 Å². The molecule has 0 saturated heterocycles. The second-order valence-electron chi connectivity index (χ2n) is 3.19. The Balaban J connectivity index is 2.25. The summed E-state index contributed by atoms with van der Waals surface area (Å²) in [7, 11) is 0. The van der Waals surface area contributed by atoms with E-state index >= 15 is 0 Å². The first kappa shape index (κ1) is 9.20. The van der Waals surface area contributed by atoms with Crippen molar-refractivity contribution in [2.45, 2.75) is 32.2 Å². The molecule has 0 aromatic carbocycles. The van der Waals surface area contributed by atoms with Crippen molar-refractivity contribution in [2.75, 3.05) is 0 Å². The van der Waals surface area contributed by atoms with Crippen LogP contribution in [-0.2, 0) is 6.42 Å². The molecule has 0 aliphatic rings. The number of hydrogen-bond acceptors (Lipinski definition) is 2. The lowest BCUT2D eigenvalue weighted by atomic mass is 10.1. The highest BCUT2D eigenvalue weighted by molar-refractivity contribution is 5.03. The van der Waals surface area contributed by atoms with Gasteiger partial charge in [0.25, 0.3) is 0 Å². The third kappa shape index (κ3) is 3.49. The predicted molar refractivity (Wildman–Crippen MR) is 50.8 cm³/mol. The van der Waals surface area contributed by atoms with E-state index < -0.39 is 0 Å². The number of aromatic nitrogens is 1. The molecular weight excluding hydrogens is 148 g/mol. The van der Waals surface area contributed by atoms with Crippen molar-refractivity contribution >= 4 is 0 Å². The van der Waals surface area contributed by atoms with Crippen LogP contribution in [0.15, 0.2) is 24.4 Å². The third-order valence-corrected chi connectivity index (χ3v) is 1.82. The van der Waals surface area contributed by atoms with Crippen molar-refractivity contribution in [1.82, 2.24) is 4.98 Å². The predicted octanol–water partition coefficient (Wildman–Crippen LogP) is 1.75. The van der Waals surface area contributed by atoms with Crippen molar-refractivity contribution < 1.29 is 0 Å². The number of aryl methyl sites for hydroxylation is 1. The number of hydrogen-bond donors (Lipinski definition) is 1. The molecular formula is C10H16N2. The average Bonchev–Trinajstić information content (AvgIpc) is 2.05. The quantitative estimate of drug-likeness (QED) is 0.736. The molecule has 0 saturated carbocycles. The van der Waals surface area contributed by atoms with Crippen LogP contribution in [0, 0.1) is 0 Å². The molecule has 0 fully saturated rings. The van der Waals surface area contributed by atoms with Gasteiger partial charge >= 0.3 is 0 Å². The molecule has 2 nitrogen and oxygen atoms in total. The standard InChI is InChI=1S/C10H16N2/c1-9(11)5-4-7-10-6-2-3-8-12-10/h2-3,6,8-9H,4-5,7,11H2,1H3/t9-/m0/s1. The van der Waals surface area contributed by atoms with Crippen molar-refractivity contribution in [1.29, 1.82) is 0 Å². The van der Waals surface area contributed by atoms with Crippen LogP contribution in [0.1, 0.15) is 25.5 Å². The Bertz CT molecular complexity index is 206. The molecule has 1 rings (SSSR count). The summed E-state index contributed by atoms with van der Waals surface area (Å²) in [6.07, 6.45) is 5.09.